The van der Waals surface area contributed by atoms with Gasteiger partial charge in [-0.15, -0.1) is 0 Å². The zero-order chi connectivity index (χ0) is 27.9. The van der Waals surface area contributed by atoms with Crippen molar-refractivity contribution in [3.05, 3.63) is 66.0 Å². The summed E-state index contributed by atoms with van der Waals surface area (Å²) in [4.78, 5) is 56.1. The number of aromatic nitrogens is 1. The van der Waals surface area contributed by atoms with Crippen LogP contribution in [0.5, 0.6) is 0 Å². The molecule has 0 saturated carbocycles. The van der Waals surface area contributed by atoms with Crippen LogP contribution in [0, 0.1) is 0 Å². The summed E-state index contributed by atoms with van der Waals surface area (Å²) in [7, 11) is 0. The molecule has 0 radical (unpaired) electrons. The molecule has 0 bridgehead atoms. The molecule has 1 saturated heterocycles. The number of hydrogen-bond donors (Lipinski definition) is 3. The summed E-state index contributed by atoms with van der Waals surface area (Å²) >= 11 is 0. The van der Waals surface area contributed by atoms with E-state index < -0.39 is 47.2 Å². The van der Waals surface area contributed by atoms with Crippen LogP contribution in [0.3, 0.4) is 0 Å². The second-order valence-corrected chi connectivity index (χ2v) is 10.6. The van der Waals surface area contributed by atoms with Crippen molar-refractivity contribution in [2.24, 2.45) is 0 Å². The van der Waals surface area contributed by atoms with Crippen LogP contribution < -0.4 is 16.0 Å². The molecule has 1 aliphatic heterocycles. The van der Waals surface area contributed by atoms with Crippen molar-refractivity contribution in [3.63, 3.8) is 0 Å². The Kier molecular flexibility index (Phi) is 9.22. The molecule has 3 rings (SSSR count). The van der Waals surface area contributed by atoms with E-state index in [0.717, 1.165) is 5.56 Å². The molecule has 2 heterocycles. The van der Waals surface area contributed by atoms with E-state index >= 15 is 0 Å². The lowest BCUT2D eigenvalue weighted by atomic mass is 9.94. The molecule has 10 heteroatoms. The van der Waals surface area contributed by atoms with E-state index in [0.29, 0.717) is 5.69 Å². The average Bonchev–Trinajstić information content (AvgIpc) is 3.61. The summed E-state index contributed by atoms with van der Waals surface area (Å²) in [6.07, 6.45) is 1.19. The number of carbonyl (C=O) groups is 4. The van der Waals surface area contributed by atoms with E-state index in [2.05, 4.69) is 20.9 Å². The van der Waals surface area contributed by atoms with E-state index in [1.54, 1.807) is 52.1 Å². The van der Waals surface area contributed by atoms with Crippen molar-refractivity contribution < 1.29 is 28.7 Å². The molecule has 1 aromatic carbocycles. The Labute approximate surface area is 222 Å². The molecule has 0 aliphatic carbocycles. The fourth-order valence-electron chi connectivity index (χ4n) is 3.73. The summed E-state index contributed by atoms with van der Waals surface area (Å²) in [5.74, 6) is -1.38. The number of Topliss-reactive ketones (excluding diaryl/α,β-unsaturated/α-hetero) is 1. The summed E-state index contributed by atoms with van der Waals surface area (Å²) in [5.41, 5.74) is -0.234. The quantitative estimate of drug-likeness (QED) is 0.383. The molecule has 10 nitrogen and oxygen atoms in total. The minimum atomic E-state index is -1.06. The molecule has 3 amide bonds. The van der Waals surface area contributed by atoms with Gasteiger partial charge in [-0.05, 0) is 58.7 Å². The van der Waals surface area contributed by atoms with Gasteiger partial charge in [-0.25, -0.2) is 4.79 Å². The lowest BCUT2D eigenvalue weighted by Crippen LogP contribution is -2.57. The van der Waals surface area contributed by atoms with Crippen LogP contribution in [-0.2, 0) is 36.7 Å². The van der Waals surface area contributed by atoms with E-state index in [1.165, 1.54) is 6.92 Å². The fourth-order valence-corrected chi connectivity index (χ4v) is 3.73. The van der Waals surface area contributed by atoms with Gasteiger partial charge in [-0.2, -0.15) is 0 Å². The van der Waals surface area contributed by atoms with Gasteiger partial charge in [-0.3, -0.25) is 19.4 Å². The van der Waals surface area contributed by atoms with Crippen LogP contribution in [0.4, 0.5) is 4.79 Å². The largest absolute Gasteiger partial charge is 0.444 e. The number of alkyl carbamates (subject to hydrolysis) is 1. The molecule has 1 aliphatic rings. The number of ether oxygens (including phenoxy) is 2. The third-order valence-electron chi connectivity index (χ3n) is 5.91. The number of nitrogens with zero attached hydrogens (tertiary/aromatic N) is 1. The number of benzene rings is 1. The van der Waals surface area contributed by atoms with Crippen LogP contribution in [0.25, 0.3) is 0 Å². The van der Waals surface area contributed by atoms with E-state index in [1.807, 2.05) is 30.3 Å². The third-order valence-corrected chi connectivity index (χ3v) is 5.91. The van der Waals surface area contributed by atoms with E-state index in [4.69, 9.17) is 9.47 Å². The molecule has 1 aromatic heterocycles. The Morgan fingerprint density at radius 1 is 0.947 bits per heavy atom. The highest BCUT2D eigenvalue weighted by Crippen LogP contribution is 2.29. The lowest BCUT2D eigenvalue weighted by Gasteiger charge is -2.25. The van der Waals surface area contributed by atoms with Crippen molar-refractivity contribution in [2.45, 2.75) is 76.8 Å². The van der Waals surface area contributed by atoms with Gasteiger partial charge in [0.05, 0.1) is 12.6 Å². The van der Waals surface area contributed by atoms with Crippen LogP contribution in [-0.4, -0.2) is 64.6 Å². The van der Waals surface area contributed by atoms with Crippen LogP contribution >= 0.6 is 0 Å². The first-order chi connectivity index (χ1) is 17.9. The summed E-state index contributed by atoms with van der Waals surface area (Å²) < 4.78 is 10.6. The Balaban J connectivity index is 1.76. The molecule has 1 fully saturated rings. The van der Waals surface area contributed by atoms with Crippen molar-refractivity contribution in [3.8, 4) is 0 Å². The van der Waals surface area contributed by atoms with Gasteiger partial charge in [0.1, 0.15) is 23.3 Å². The zero-order valence-corrected chi connectivity index (χ0v) is 22.4. The molecular weight excluding hydrogens is 488 g/mol. The first kappa shape index (κ1) is 28.8. The summed E-state index contributed by atoms with van der Waals surface area (Å²) in [6.45, 7) is 8.61. The van der Waals surface area contributed by atoms with E-state index in [9.17, 15) is 19.2 Å². The highest BCUT2D eigenvalue weighted by molar-refractivity contribution is 5.98. The number of pyridine rings is 1. The molecule has 4 atom stereocenters. The lowest BCUT2D eigenvalue weighted by molar-refractivity contribution is -0.133. The Hall–Kier alpha value is -3.79. The monoisotopic (exact) mass is 524 g/mol. The van der Waals surface area contributed by atoms with Crippen molar-refractivity contribution in [2.75, 3.05) is 6.61 Å². The molecule has 38 heavy (non-hydrogen) atoms. The highest BCUT2D eigenvalue weighted by atomic mass is 16.6. The minimum absolute atomic E-state index is 0.0809. The number of rotatable bonds is 11. The maximum atomic E-state index is 13.5. The maximum Gasteiger partial charge on any atom is 0.408 e. The van der Waals surface area contributed by atoms with E-state index in [-0.39, 0.29) is 25.2 Å². The highest BCUT2D eigenvalue weighted by Gasteiger charge is 2.50. The second-order valence-electron chi connectivity index (χ2n) is 10.6. The van der Waals surface area contributed by atoms with Crippen molar-refractivity contribution in [1.82, 2.24) is 20.9 Å². The number of hydrogen-bond acceptors (Lipinski definition) is 7. The first-order valence-electron chi connectivity index (χ1n) is 12.6. The summed E-state index contributed by atoms with van der Waals surface area (Å²) in [5, 5.41) is 7.99. The molecule has 204 valence electrons. The Bertz CT molecular complexity index is 1130. The predicted molar refractivity (Wildman–Crippen MR) is 140 cm³/mol. The van der Waals surface area contributed by atoms with Crippen molar-refractivity contribution in [1.29, 1.82) is 0 Å². The average molecular weight is 525 g/mol. The second kappa shape index (κ2) is 12.2. The van der Waals surface area contributed by atoms with Gasteiger partial charge < -0.3 is 25.4 Å². The number of amides is 3. The number of carbonyl (C=O) groups excluding carboxylic acids is 4. The normalized spacial score (nSPS) is 18.9. The van der Waals surface area contributed by atoms with Gasteiger partial charge in [-0.1, -0.05) is 36.4 Å². The summed E-state index contributed by atoms with van der Waals surface area (Å²) in [6, 6.07) is 11.7. The minimum Gasteiger partial charge on any atom is -0.444 e. The van der Waals surface area contributed by atoms with Crippen LogP contribution in [0.1, 0.15) is 45.9 Å². The van der Waals surface area contributed by atoms with Gasteiger partial charge in [0.25, 0.3) is 0 Å². The predicted octanol–water partition coefficient (Wildman–Crippen LogP) is 2.11. The molecular formula is C28H36N4O6. The van der Waals surface area contributed by atoms with Gasteiger partial charge in [0.2, 0.25) is 11.8 Å². The topological polar surface area (TPSA) is 139 Å². The number of ketones is 1. The standard InChI is InChI=1S/C28H36N4O6/c1-18(30-26(36)38-27(2,3)4)24(34)32-22(16-20-13-9-10-14-29-20)25(35)31-21(23(33)28(5)17-37-28)15-19-11-7-6-8-12-19/h6-14,18,21-22H,15-17H2,1-5H3,(H,30,36)(H,31,35)(H,32,34). The third kappa shape index (κ3) is 8.65. The Morgan fingerprint density at radius 2 is 1.58 bits per heavy atom. The zero-order valence-electron chi connectivity index (χ0n) is 22.4. The van der Waals surface area contributed by atoms with Crippen LogP contribution in [0.15, 0.2) is 54.7 Å². The molecule has 4 unspecified atom stereocenters. The molecule has 0 spiro atoms. The van der Waals surface area contributed by atoms with Gasteiger partial charge >= 0.3 is 6.09 Å². The maximum absolute atomic E-state index is 13.5. The number of nitrogens with one attached hydrogen (secondary N) is 3. The SMILES string of the molecule is CC(NC(=O)OC(C)(C)C)C(=O)NC(Cc1ccccn1)C(=O)NC(Cc1ccccc1)C(=O)C1(C)CO1. The smallest absolute Gasteiger partial charge is 0.408 e. The fraction of sp³-hybridized carbons (Fsp3) is 0.464. The Morgan fingerprint density at radius 3 is 2.16 bits per heavy atom. The molecule has 3 N–H and O–H groups in total. The van der Waals surface area contributed by atoms with Gasteiger partial charge in [0.15, 0.2) is 5.78 Å². The van der Waals surface area contributed by atoms with Gasteiger partial charge in [0, 0.05) is 18.3 Å². The van der Waals surface area contributed by atoms with Crippen molar-refractivity contribution >= 4 is 23.7 Å². The first-order valence-corrected chi connectivity index (χ1v) is 12.6. The van der Waals surface area contributed by atoms with Crippen LogP contribution in [0.2, 0.25) is 0 Å². The number of epoxide rings is 1. The molecule has 2 aromatic rings.